The second kappa shape index (κ2) is 15.4. The summed E-state index contributed by atoms with van der Waals surface area (Å²) in [6.45, 7) is 13.4. The Balaban J connectivity index is 1.37. The van der Waals surface area contributed by atoms with Gasteiger partial charge < -0.3 is 15.5 Å². The molecule has 5 rings (SSSR count). The van der Waals surface area contributed by atoms with E-state index in [1.807, 2.05) is 0 Å². The van der Waals surface area contributed by atoms with Gasteiger partial charge in [-0.25, -0.2) is 13.2 Å². The van der Waals surface area contributed by atoms with Crippen molar-refractivity contribution in [1.82, 2.24) is 15.5 Å². The van der Waals surface area contributed by atoms with E-state index in [1.165, 1.54) is 0 Å². The van der Waals surface area contributed by atoms with Gasteiger partial charge >= 0.3 is 6.03 Å². The lowest BCUT2D eigenvalue weighted by Crippen LogP contribution is -2.62. The minimum absolute atomic E-state index is 0.0453. The predicted octanol–water partition coefficient (Wildman–Crippen LogP) is 6.11. The molecular weight excluding hydrogens is 667 g/mol. The summed E-state index contributed by atoms with van der Waals surface area (Å²) in [6.07, 6.45) is 12.7. The standard InChI is InChI=1S/C40H63N3O7S/c1-7-8-17-30(44)35(46)28(22-26-18-19-26)23-31(45)34-32-29(39(32,5)6)24-43(34)36(47)33(27-15-11-9-12-16-27)41-37(48)42-40(20-13-10-14-21-40)25-51(49,50)38(2,3)4/h7,26-29,32-34H,1,8-25H2,2-6H3,(H2,41,42,48)/t28?,29?,32-,33-,34+/m0/s1. The molecule has 2 unspecified atom stereocenters. The van der Waals surface area contributed by atoms with E-state index in [-0.39, 0.29) is 53.5 Å². The first-order valence-corrected chi connectivity index (χ1v) is 21.4. The molecule has 5 atom stereocenters. The van der Waals surface area contributed by atoms with E-state index in [0.29, 0.717) is 38.1 Å². The summed E-state index contributed by atoms with van der Waals surface area (Å²) < 4.78 is 25.8. The van der Waals surface area contributed by atoms with E-state index in [9.17, 15) is 32.4 Å². The van der Waals surface area contributed by atoms with Crippen LogP contribution in [0.15, 0.2) is 12.7 Å². The van der Waals surface area contributed by atoms with Gasteiger partial charge in [0.05, 0.1) is 22.1 Å². The number of carbonyl (C=O) groups excluding carboxylic acids is 5. The van der Waals surface area contributed by atoms with Crippen molar-refractivity contribution >= 4 is 39.1 Å². The number of nitrogens with one attached hydrogen (secondary N) is 2. The molecule has 0 aromatic rings. The number of likely N-dealkylation sites (tertiary alicyclic amines) is 1. The van der Waals surface area contributed by atoms with Crippen LogP contribution in [0.4, 0.5) is 4.79 Å². The van der Waals surface area contributed by atoms with E-state index in [2.05, 4.69) is 31.1 Å². The first-order valence-electron chi connectivity index (χ1n) is 19.7. The zero-order chi connectivity index (χ0) is 37.4. The Morgan fingerprint density at radius 2 is 1.57 bits per heavy atom. The molecule has 5 aliphatic rings. The maximum absolute atomic E-state index is 14.7. The van der Waals surface area contributed by atoms with Gasteiger partial charge in [-0.3, -0.25) is 19.2 Å². The van der Waals surface area contributed by atoms with Gasteiger partial charge in [0.2, 0.25) is 11.7 Å². The van der Waals surface area contributed by atoms with Crippen LogP contribution in [0.5, 0.6) is 0 Å². The van der Waals surface area contributed by atoms with Crippen LogP contribution in [0.3, 0.4) is 0 Å². The largest absolute Gasteiger partial charge is 0.332 e. The SMILES string of the molecule is C=CCCC(=O)C(=O)C(CC(=O)[C@@H]1[C@@H]2C(CN1C(=O)[C@@H](NC(=O)NC1(CS(=O)(=O)C(C)(C)C)CCCCC1)C1CCCCC1)C2(C)C)CC1CC1. The summed E-state index contributed by atoms with van der Waals surface area (Å²) >= 11 is 0. The quantitative estimate of drug-likeness (QED) is 0.144. The smallest absolute Gasteiger partial charge is 0.315 e. The molecule has 2 N–H and O–H groups in total. The summed E-state index contributed by atoms with van der Waals surface area (Å²) in [4.78, 5) is 70.9. The van der Waals surface area contributed by atoms with Crippen molar-refractivity contribution in [1.29, 1.82) is 0 Å². The molecule has 10 nitrogen and oxygen atoms in total. The molecule has 5 fully saturated rings. The van der Waals surface area contributed by atoms with Crippen molar-refractivity contribution in [3.05, 3.63) is 12.7 Å². The molecule has 51 heavy (non-hydrogen) atoms. The number of sulfone groups is 1. The number of allylic oxidation sites excluding steroid dienone is 1. The molecule has 3 amide bonds. The van der Waals surface area contributed by atoms with Crippen LogP contribution in [-0.4, -0.2) is 77.3 Å². The second-order valence-corrected chi connectivity index (χ2v) is 21.0. The van der Waals surface area contributed by atoms with Crippen molar-refractivity contribution in [2.45, 2.75) is 160 Å². The number of amides is 3. The lowest BCUT2D eigenvalue weighted by molar-refractivity contribution is -0.144. The van der Waals surface area contributed by atoms with Gasteiger partial charge in [-0.1, -0.05) is 71.3 Å². The van der Waals surface area contributed by atoms with E-state index in [4.69, 9.17) is 0 Å². The topological polar surface area (TPSA) is 147 Å². The Hall–Kier alpha value is -2.56. The molecule has 11 heteroatoms. The zero-order valence-electron chi connectivity index (χ0n) is 31.8. The van der Waals surface area contributed by atoms with Crippen LogP contribution in [0.2, 0.25) is 0 Å². The van der Waals surface area contributed by atoms with Crippen LogP contribution in [-0.2, 0) is 29.0 Å². The van der Waals surface area contributed by atoms with Crippen molar-refractivity contribution < 1.29 is 32.4 Å². The number of rotatable bonds is 16. The monoisotopic (exact) mass is 729 g/mol. The Kier molecular flexibility index (Phi) is 12.0. The second-order valence-electron chi connectivity index (χ2n) is 18.2. The highest BCUT2D eigenvalue weighted by molar-refractivity contribution is 7.92. The van der Waals surface area contributed by atoms with Crippen molar-refractivity contribution in [2.75, 3.05) is 12.3 Å². The Labute approximate surface area is 306 Å². The van der Waals surface area contributed by atoms with Crippen LogP contribution in [0.1, 0.15) is 137 Å². The van der Waals surface area contributed by atoms with Gasteiger partial charge in [-0.05, 0) is 88.4 Å². The highest BCUT2D eigenvalue weighted by Gasteiger charge is 2.69. The molecule has 0 spiro atoms. The van der Waals surface area contributed by atoms with E-state index in [1.54, 1.807) is 31.7 Å². The zero-order valence-corrected chi connectivity index (χ0v) is 32.6. The molecule has 0 aromatic carbocycles. The minimum atomic E-state index is -3.54. The number of Topliss-reactive ketones (excluding diaryl/α,β-unsaturated/α-hetero) is 3. The molecule has 0 bridgehead atoms. The van der Waals surface area contributed by atoms with Gasteiger partial charge in [0.25, 0.3) is 0 Å². The molecule has 1 saturated heterocycles. The van der Waals surface area contributed by atoms with Crippen LogP contribution >= 0.6 is 0 Å². The highest BCUT2D eigenvalue weighted by Crippen LogP contribution is 2.65. The number of fused-ring (bicyclic) bond motifs is 1. The average molecular weight is 730 g/mol. The fourth-order valence-electron chi connectivity index (χ4n) is 9.43. The van der Waals surface area contributed by atoms with E-state index >= 15 is 0 Å². The van der Waals surface area contributed by atoms with E-state index < -0.39 is 55.7 Å². The number of ketones is 3. The third kappa shape index (κ3) is 8.98. The van der Waals surface area contributed by atoms with Crippen LogP contribution < -0.4 is 10.6 Å². The number of hydrogen-bond donors (Lipinski definition) is 2. The van der Waals surface area contributed by atoms with Crippen molar-refractivity contribution in [2.24, 2.45) is 35.0 Å². The number of urea groups is 1. The molecule has 1 aliphatic heterocycles. The van der Waals surface area contributed by atoms with Crippen molar-refractivity contribution in [3.63, 3.8) is 0 Å². The normalized spacial score (nSPS) is 27.1. The van der Waals surface area contributed by atoms with Gasteiger partial charge in [0.15, 0.2) is 21.4 Å². The predicted molar refractivity (Wildman–Crippen MR) is 198 cm³/mol. The molecule has 0 radical (unpaired) electrons. The fourth-order valence-corrected chi connectivity index (χ4v) is 11.0. The first-order chi connectivity index (χ1) is 23.9. The number of carbonyl (C=O) groups is 5. The summed E-state index contributed by atoms with van der Waals surface area (Å²) in [7, 11) is -3.54. The van der Waals surface area contributed by atoms with Crippen molar-refractivity contribution in [3.8, 4) is 0 Å². The first kappa shape index (κ1) is 39.6. The molecule has 0 aromatic heterocycles. The Bertz CT molecular complexity index is 1460. The van der Waals surface area contributed by atoms with Gasteiger partial charge in [-0.15, -0.1) is 6.58 Å². The average Bonchev–Trinajstić information content (AvgIpc) is 3.92. The van der Waals surface area contributed by atoms with Crippen LogP contribution in [0, 0.1) is 35.0 Å². The summed E-state index contributed by atoms with van der Waals surface area (Å²) in [6, 6.07) is -2.11. The molecular formula is C40H63N3O7S. The van der Waals surface area contributed by atoms with Crippen LogP contribution in [0.25, 0.3) is 0 Å². The number of hydrogen-bond acceptors (Lipinski definition) is 7. The minimum Gasteiger partial charge on any atom is -0.332 e. The molecule has 1 heterocycles. The maximum Gasteiger partial charge on any atom is 0.315 e. The molecule has 4 saturated carbocycles. The summed E-state index contributed by atoms with van der Waals surface area (Å²) in [5.74, 6) is -1.90. The summed E-state index contributed by atoms with van der Waals surface area (Å²) in [5, 5.41) is 6.13. The van der Waals surface area contributed by atoms with Gasteiger partial charge in [-0.2, -0.15) is 0 Å². The van der Waals surface area contributed by atoms with Gasteiger partial charge in [0.1, 0.15) is 6.04 Å². The third-order valence-corrected chi connectivity index (χ3v) is 15.9. The lowest BCUT2D eigenvalue weighted by atomic mass is 9.82. The Morgan fingerprint density at radius 1 is 0.941 bits per heavy atom. The molecule has 4 aliphatic carbocycles. The fraction of sp³-hybridized carbons (Fsp3) is 0.825. The third-order valence-electron chi connectivity index (χ3n) is 13.1. The lowest BCUT2D eigenvalue weighted by Gasteiger charge is -2.41. The Morgan fingerprint density at radius 3 is 2.16 bits per heavy atom. The maximum atomic E-state index is 14.7. The summed E-state index contributed by atoms with van der Waals surface area (Å²) in [5.41, 5.74) is -1.05. The number of nitrogens with zero attached hydrogens (tertiary/aromatic N) is 1. The number of piperidine rings is 1. The molecule has 286 valence electrons. The van der Waals surface area contributed by atoms with E-state index in [0.717, 1.165) is 64.2 Å². The van der Waals surface area contributed by atoms with Gasteiger partial charge in [0, 0.05) is 25.3 Å². The highest BCUT2D eigenvalue weighted by atomic mass is 32.2.